The molecule has 1 rings (SSSR count). The monoisotopic (exact) mass is 328 g/mol. The number of nitrogens with zero attached hydrogens (tertiary/aromatic N) is 1. The third-order valence-electron chi connectivity index (χ3n) is 3.32. The highest BCUT2D eigenvalue weighted by molar-refractivity contribution is 9.10. The summed E-state index contributed by atoms with van der Waals surface area (Å²) in [7, 11) is 0. The number of halogens is 1. The van der Waals surface area contributed by atoms with Gasteiger partial charge in [0.1, 0.15) is 0 Å². The molecule has 0 aliphatic rings. The Kier molecular flexibility index (Phi) is 9.10. The van der Waals surface area contributed by atoms with Crippen molar-refractivity contribution >= 4 is 15.9 Å². The standard InChI is InChI=1S/C16H27BrNO/c1-3-5-6-7-8-9-12-19-14-18-11-10-15(4-2)16(17)13-18/h10-11,13H,3-9,12,14H2,1-2H3/q+1. The number of unbranched alkanes of at least 4 members (excludes halogenated alkanes) is 5. The van der Waals surface area contributed by atoms with Crippen LogP contribution in [0.25, 0.3) is 0 Å². The molecule has 19 heavy (non-hydrogen) atoms. The van der Waals surface area contributed by atoms with Crippen LogP contribution in [0, 0.1) is 0 Å². The number of aromatic nitrogens is 1. The van der Waals surface area contributed by atoms with Crippen LogP contribution in [0.5, 0.6) is 0 Å². The van der Waals surface area contributed by atoms with Gasteiger partial charge in [0.2, 0.25) is 0 Å². The molecule has 0 bridgehead atoms. The number of aryl methyl sites for hydroxylation is 1. The largest absolute Gasteiger partial charge is 0.323 e. The maximum absolute atomic E-state index is 5.70. The molecule has 2 nitrogen and oxygen atoms in total. The highest BCUT2D eigenvalue weighted by Gasteiger charge is 2.05. The van der Waals surface area contributed by atoms with Gasteiger partial charge in [-0.3, -0.25) is 0 Å². The summed E-state index contributed by atoms with van der Waals surface area (Å²) in [5.74, 6) is 0. The van der Waals surface area contributed by atoms with Gasteiger partial charge in [-0.2, -0.15) is 4.57 Å². The third kappa shape index (κ3) is 7.07. The van der Waals surface area contributed by atoms with Crippen LogP contribution in [0.4, 0.5) is 0 Å². The predicted octanol–water partition coefficient (Wildman–Crippen LogP) is 4.63. The summed E-state index contributed by atoms with van der Waals surface area (Å²) in [6.07, 6.45) is 13.1. The van der Waals surface area contributed by atoms with Gasteiger partial charge in [0.25, 0.3) is 6.73 Å². The summed E-state index contributed by atoms with van der Waals surface area (Å²) in [5, 5.41) is 0. The van der Waals surface area contributed by atoms with Crippen molar-refractivity contribution in [3.05, 3.63) is 28.5 Å². The summed E-state index contributed by atoms with van der Waals surface area (Å²) in [4.78, 5) is 0. The van der Waals surface area contributed by atoms with Gasteiger partial charge in [0.15, 0.2) is 12.4 Å². The van der Waals surface area contributed by atoms with E-state index < -0.39 is 0 Å². The molecule has 0 aliphatic heterocycles. The maximum atomic E-state index is 5.70. The Labute approximate surface area is 126 Å². The molecule has 3 heteroatoms. The number of hydrogen-bond donors (Lipinski definition) is 0. The first-order valence-corrected chi connectivity index (χ1v) is 8.32. The lowest BCUT2D eigenvalue weighted by atomic mass is 10.1. The Balaban J connectivity index is 2.11. The van der Waals surface area contributed by atoms with E-state index in [0.717, 1.165) is 13.0 Å². The van der Waals surface area contributed by atoms with E-state index in [4.69, 9.17) is 4.74 Å². The van der Waals surface area contributed by atoms with E-state index in [2.05, 4.69) is 52.8 Å². The highest BCUT2D eigenvalue weighted by atomic mass is 79.9. The lowest BCUT2D eigenvalue weighted by Gasteiger charge is -2.03. The molecule has 0 amide bonds. The van der Waals surface area contributed by atoms with Crippen molar-refractivity contribution in [1.82, 2.24) is 0 Å². The van der Waals surface area contributed by atoms with Gasteiger partial charge < -0.3 is 4.74 Å². The van der Waals surface area contributed by atoms with Crippen molar-refractivity contribution in [2.24, 2.45) is 0 Å². The van der Waals surface area contributed by atoms with E-state index in [1.165, 1.54) is 48.6 Å². The smallest absolute Gasteiger partial charge is 0.252 e. The van der Waals surface area contributed by atoms with Crippen molar-refractivity contribution in [3.8, 4) is 0 Å². The van der Waals surface area contributed by atoms with Crippen LogP contribution in [0.3, 0.4) is 0 Å². The molecular weight excluding hydrogens is 302 g/mol. The van der Waals surface area contributed by atoms with Crippen molar-refractivity contribution < 1.29 is 9.30 Å². The first kappa shape index (κ1) is 16.6. The number of hydrogen-bond acceptors (Lipinski definition) is 1. The van der Waals surface area contributed by atoms with Gasteiger partial charge in [0, 0.05) is 6.07 Å². The minimum atomic E-state index is 0.650. The molecule has 1 aromatic rings. The zero-order chi connectivity index (χ0) is 13.9. The molecule has 0 saturated carbocycles. The minimum Gasteiger partial charge on any atom is -0.323 e. The molecule has 0 unspecified atom stereocenters. The number of ether oxygens (including phenoxy) is 1. The fourth-order valence-corrected chi connectivity index (χ4v) is 2.73. The van der Waals surface area contributed by atoms with Crippen LogP contribution < -0.4 is 4.57 Å². The zero-order valence-corrected chi connectivity index (χ0v) is 13.9. The average molecular weight is 329 g/mol. The van der Waals surface area contributed by atoms with Gasteiger partial charge in [-0.15, -0.1) is 0 Å². The third-order valence-corrected chi connectivity index (χ3v) is 4.03. The lowest BCUT2D eigenvalue weighted by Crippen LogP contribution is -2.34. The highest BCUT2D eigenvalue weighted by Crippen LogP contribution is 2.13. The Hall–Kier alpha value is -0.410. The molecule has 0 spiro atoms. The zero-order valence-electron chi connectivity index (χ0n) is 12.3. The molecule has 1 heterocycles. The fraction of sp³-hybridized carbons (Fsp3) is 0.688. The van der Waals surface area contributed by atoms with Crippen LogP contribution in [-0.2, 0) is 17.9 Å². The maximum Gasteiger partial charge on any atom is 0.252 e. The van der Waals surface area contributed by atoms with Gasteiger partial charge in [-0.05, 0) is 34.3 Å². The number of pyridine rings is 1. The second-order valence-corrected chi connectivity index (χ2v) is 5.85. The van der Waals surface area contributed by atoms with Crippen LogP contribution in [0.15, 0.2) is 22.9 Å². The molecule has 0 aliphatic carbocycles. The Morgan fingerprint density at radius 3 is 2.53 bits per heavy atom. The molecule has 0 aromatic carbocycles. The Bertz CT molecular complexity index is 355. The van der Waals surface area contributed by atoms with E-state index >= 15 is 0 Å². The first-order chi connectivity index (χ1) is 9.27. The van der Waals surface area contributed by atoms with Crippen LogP contribution in [0.2, 0.25) is 0 Å². The summed E-state index contributed by atoms with van der Waals surface area (Å²) in [6, 6.07) is 2.15. The Morgan fingerprint density at radius 1 is 1.11 bits per heavy atom. The molecule has 0 atom stereocenters. The Morgan fingerprint density at radius 2 is 1.84 bits per heavy atom. The summed E-state index contributed by atoms with van der Waals surface area (Å²) >= 11 is 3.59. The van der Waals surface area contributed by atoms with Gasteiger partial charge >= 0.3 is 0 Å². The van der Waals surface area contributed by atoms with Crippen molar-refractivity contribution in [2.75, 3.05) is 6.61 Å². The molecule has 0 radical (unpaired) electrons. The molecule has 0 fully saturated rings. The van der Waals surface area contributed by atoms with Crippen molar-refractivity contribution in [2.45, 2.75) is 65.5 Å². The van der Waals surface area contributed by atoms with Gasteiger partial charge in [-0.25, -0.2) is 0 Å². The fourth-order valence-electron chi connectivity index (χ4n) is 2.06. The summed E-state index contributed by atoms with van der Waals surface area (Å²) in [5.41, 5.74) is 1.34. The lowest BCUT2D eigenvalue weighted by molar-refractivity contribution is -0.733. The predicted molar refractivity (Wildman–Crippen MR) is 83.0 cm³/mol. The second kappa shape index (κ2) is 10.4. The van der Waals surface area contributed by atoms with Crippen LogP contribution in [0.1, 0.15) is 57.9 Å². The van der Waals surface area contributed by atoms with E-state index in [9.17, 15) is 0 Å². The first-order valence-electron chi connectivity index (χ1n) is 7.53. The molecule has 1 aromatic heterocycles. The summed E-state index contributed by atoms with van der Waals surface area (Å²) in [6.45, 7) is 5.94. The normalized spacial score (nSPS) is 10.9. The SMILES string of the molecule is CCCCCCCCOC[n+]1ccc(CC)c(Br)c1. The van der Waals surface area contributed by atoms with Gasteiger partial charge in [0.05, 0.1) is 11.1 Å². The quantitative estimate of drug-likeness (QED) is 0.450. The molecular formula is C16H27BrNO+. The number of rotatable bonds is 10. The van der Waals surface area contributed by atoms with Crippen molar-refractivity contribution in [1.29, 1.82) is 0 Å². The topological polar surface area (TPSA) is 13.1 Å². The van der Waals surface area contributed by atoms with Crippen LogP contribution >= 0.6 is 15.9 Å². The van der Waals surface area contributed by atoms with E-state index in [1.54, 1.807) is 0 Å². The second-order valence-electron chi connectivity index (χ2n) is 4.99. The molecule has 108 valence electrons. The van der Waals surface area contributed by atoms with E-state index in [-0.39, 0.29) is 0 Å². The van der Waals surface area contributed by atoms with Crippen molar-refractivity contribution in [3.63, 3.8) is 0 Å². The van der Waals surface area contributed by atoms with E-state index in [1.807, 2.05) is 0 Å². The summed E-state index contributed by atoms with van der Waals surface area (Å²) < 4.78 is 8.95. The average Bonchev–Trinajstić information content (AvgIpc) is 2.42. The van der Waals surface area contributed by atoms with Gasteiger partial charge in [-0.1, -0.05) is 46.0 Å². The van der Waals surface area contributed by atoms with Crippen LogP contribution in [-0.4, -0.2) is 6.61 Å². The van der Waals surface area contributed by atoms with E-state index in [0.29, 0.717) is 6.73 Å². The molecule has 0 N–H and O–H groups in total. The molecule has 0 saturated heterocycles. The minimum absolute atomic E-state index is 0.650.